The number of aromatic nitrogens is 6. The molecule has 0 radical (unpaired) electrons. The van der Waals surface area contributed by atoms with Crippen molar-refractivity contribution in [3.05, 3.63) is 47.2 Å². The first-order valence-corrected chi connectivity index (χ1v) is 11.4. The van der Waals surface area contributed by atoms with Gasteiger partial charge in [0.1, 0.15) is 5.65 Å². The summed E-state index contributed by atoms with van der Waals surface area (Å²) in [5.74, 6) is -0.140. The standard InChI is InChI=1S/C24H28N8O2/c1-13-14(2)29-30-22(13)24(34)27-18-9-17-10-21(28-23(17)25-11-18)20-12-26-32(15(20)3)19-5-7-31(8-6-19)16(4)33/h9-12,19H,5-8H2,1-4H3,(H,25,28)(H,27,34)(H,29,30). The van der Waals surface area contributed by atoms with Crippen LogP contribution in [0.15, 0.2) is 24.5 Å². The zero-order valence-corrected chi connectivity index (χ0v) is 19.8. The van der Waals surface area contributed by atoms with Crippen LogP contribution in [0.1, 0.15) is 53.2 Å². The van der Waals surface area contributed by atoms with Crippen LogP contribution in [0.5, 0.6) is 0 Å². The second kappa shape index (κ2) is 8.44. The normalized spacial score (nSPS) is 14.6. The molecule has 2 amide bonds. The lowest BCUT2D eigenvalue weighted by molar-refractivity contribution is -0.130. The highest BCUT2D eigenvalue weighted by atomic mass is 16.2. The summed E-state index contributed by atoms with van der Waals surface area (Å²) in [6.07, 6.45) is 5.30. The average molecular weight is 461 g/mol. The lowest BCUT2D eigenvalue weighted by atomic mass is 10.0. The first-order chi connectivity index (χ1) is 16.3. The third-order valence-electron chi connectivity index (χ3n) is 6.79. The van der Waals surface area contributed by atoms with E-state index in [4.69, 9.17) is 0 Å². The fourth-order valence-corrected chi connectivity index (χ4v) is 4.61. The van der Waals surface area contributed by atoms with Gasteiger partial charge in [-0.3, -0.25) is 19.4 Å². The summed E-state index contributed by atoms with van der Waals surface area (Å²) in [7, 11) is 0. The number of pyridine rings is 1. The van der Waals surface area contributed by atoms with E-state index in [9.17, 15) is 9.59 Å². The topological polar surface area (TPSA) is 125 Å². The van der Waals surface area contributed by atoms with Crippen molar-refractivity contribution in [1.29, 1.82) is 0 Å². The summed E-state index contributed by atoms with van der Waals surface area (Å²) in [6.45, 7) is 8.96. The van der Waals surface area contributed by atoms with Gasteiger partial charge in [0.05, 0.1) is 29.8 Å². The van der Waals surface area contributed by atoms with E-state index in [1.807, 2.05) is 37.1 Å². The van der Waals surface area contributed by atoms with Crippen molar-refractivity contribution in [3.63, 3.8) is 0 Å². The highest BCUT2D eigenvalue weighted by Gasteiger charge is 2.24. The summed E-state index contributed by atoms with van der Waals surface area (Å²) in [4.78, 5) is 34.0. The Bertz CT molecular complexity index is 1390. The van der Waals surface area contributed by atoms with Crippen molar-refractivity contribution >= 4 is 28.5 Å². The summed E-state index contributed by atoms with van der Waals surface area (Å²) in [6, 6.07) is 4.20. The maximum absolute atomic E-state index is 12.6. The third-order valence-corrected chi connectivity index (χ3v) is 6.79. The summed E-state index contributed by atoms with van der Waals surface area (Å²) in [5, 5.41) is 15.4. The molecule has 0 aromatic carbocycles. The van der Waals surface area contributed by atoms with Crippen molar-refractivity contribution in [2.24, 2.45) is 0 Å². The van der Waals surface area contributed by atoms with Gasteiger partial charge in [-0.15, -0.1) is 0 Å². The second-order valence-corrected chi connectivity index (χ2v) is 8.95. The predicted molar refractivity (Wildman–Crippen MR) is 129 cm³/mol. The molecule has 5 rings (SSSR count). The Hall–Kier alpha value is -3.95. The van der Waals surface area contributed by atoms with Gasteiger partial charge in [-0.05, 0) is 45.7 Å². The number of H-pyrrole nitrogens is 2. The van der Waals surface area contributed by atoms with Crippen LogP contribution in [0, 0.1) is 20.8 Å². The molecule has 10 nitrogen and oxygen atoms in total. The van der Waals surface area contributed by atoms with Gasteiger partial charge in [0.2, 0.25) is 5.91 Å². The number of amides is 2. The molecule has 10 heteroatoms. The van der Waals surface area contributed by atoms with Gasteiger partial charge in [0.15, 0.2) is 5.69 Å². The zero-order chi connectivity index (χ0) is 24.0. The fourth-order valence-electron chi connectivity index (χ4n) is 4.61. The highest BCUT2D eigenvalue weighted by molar-refractivity contribution is 6.04. The van der Waals surface area contributed by atoms with Crippen molar-refractivity contribution in [1.82, 2.24) is 34.8 Å². The maximum atomic E-state index is 12.6. The van der Waals surface area contributed by atoms with E-state index in [0.29, 0.717) is 11.4 Å². The molecule has 34 heavy (non-hydrogen) atoms. The molecule has 4 aromatic heterocycles. The molecule has 0 saturated carbocycles. The summed E-state index contributed by atoms with van der Waals surface area (Å²) in [5.41, 5.74) is 6.43. The smallest absolute Gasteiger partial charge is 0.276 e. The molecule has 3 N–H and O–H groups in total. The van der Waals surface area contributed by atoms with Crippen LogP contribution in [0.3, 0.4) is 0 Å². The minimum Gasteiger partial charge on any atom is -0.343 e. The van der Waals surface area contributed by atoms with Crippen LogP contribution in [0.2, 0.25) is 0 Å². The molecule has 0 aliphatic carbocycles. The van der Waals surface area contributed by atoms with E-state index < -0.39 is 0 Å². The van der Waals surface area contributed by atoms with Crippen molar-refractivity contribution in [2.75, 3.05) is 18.4 Å². The number of piperidine rings is 1. The quantitative estimate of drug-likeness (QED) is 0.430. The lowest BCUT2D eigenvalue weighted by Gasteiger charge is -2.32. The average Bonchev–Trinajstić information content (AvgIpc) is 3.50. The Morgan fingerprint density at radius 1 is 1.12 bits per heavy atom. The lowest BCUT2D eigenvalue weighted by Crippen LogP contribution is -2.38. The Morgan fingerprint density at radius 2 is 1.88 bits per heavy atom. The first-order valence-electron chi connectivity index (χ1n) is 11.4. The first kappa shape index (κ1) is 21.9. The fraction of sp³-hybridized carbons (Fsp3) is 0.375. The molecule has 1 fully saturated rings. The minimum atomic E-state index is -0.272. The van der Waals surface area contributed by atoms with Crippen molar-refractivity contribution in [3.8, 4) is 11.3 Å². The van der Waals surface area contributed by atoms with E-state index in [1.165, 1.54) is 0 Å². The number of anilines is 1. The van der Waals surface area contributed by atoms with Crippen molar-refractivity contribution < 1.29 is 9.59 Å². The number of carbonyl (C=O) groups excluding carboxylic acids is 2. The number of hydrogen-bond acceptors (Lipinski definition) is 5. The number of hydrogen-bond donors (Lipinski definition) is 3. The van der Waals surface area contributed by atoms with E-state index in [1.54, 1.807) is 13.1 Å². The van der Waals surface area contributed by atoms with Crippen molar-refractivity contribution in [2.45, 2.75) is 46.6 Å². The third kappa shape index (κ3) is 3.85. The number of aromatic amines is 2. The molecule has 0 spiro atoms. The molecular formula is C24H28N8O2. The number of nitrogens with one attached hydrogen (secondary N) is 3. The van der Waals surface area contributed by atoms with E-state index in [2.05, 4.69) is 42.2 Å². The van der Waals surface area contributed by atoms with Gasteiger partial charge in [-0.1, -0.05) is 0 Å². The Labute approximate surface area is 196 Å². The SMILES string of the molecule is CC(=O)N1CCC(n2ncc(-c3cc4cc(NC(=O)c5n[nH]c(C)c5C)cnc4[nH]3)c2C)CC1. The largest absolute Gasteiger partial charge is 0.343 e. The predicted octanol–water partition coefficient (Wildman–Crippen LogP) is 3.51. The maximum Gasteiger partial charge on any atom is 0.276 e. The van der Waals surface area contributed by atoms with Crippen LogP contribution < -0.4 is 5.32 Å². The van der Waals surface area contributed by atoms with Crippen LogP contribution in [0.4, 0.5) is 5.69 Å². The highest BCUT2D eigenvalue weighted by Crippen LogP contribution is 2.31. The van der Waals surface area contributed by atoms with Gasteiger partial charge in [0, 0.05) is 47.9 Å². The summed E-state index contributed by atoms with van der Waals surface area (Å²) < 4.78 is 2.07. The number of carbonyl (C=O) groups is 2. The molecular weight excluding hydrogens is 432 g/mol. The Morgan fingerprint density at radius 3 is 2.56 bits per heavy atom. The van der Waals surface area contributed by atoms with Gasteiger partial charge in [0.25, 0.3) is 5.91 Å². The molecule has 0 bridgehead atoms. The summed E-state index contributed by atoms with van der Waals surface area (Å²) >= 11 is 0. The molecule has 4 aromatic rings. The molecule has 1 aliphatic heterocycles. The monoisotopic (exact) mass is 460 g/mol. The van der Waals surface area contributed by atoms with Gasteiger partial charge >= 0.3 is 0 Å². The number of rotatable bonds is 4. The molecule has 5 heterocycles. The number of aryl methyl sites for hydroxylation is 1. The second-order valence-electron chi connectivity index (χ2n) is 8.95. The minimum absolute atomic E-state index is 0.132. The van der Waals surface area contributed by atoms with Crippen LogP contribution in [-0.4, -0.2) is 59.7 Å². The molecule has 0 atom stereocenters. The van der Waals surface area contributed by atoms with E-state index in [-0.39, 0.29) is 17.9 Å². The van der Waals surface area contributed by atoms with E-state index in [0.717, 1.165) is 65.2 Å². The van der Waals surface area contributed by atoms with Gasteiger partial charge in [-0.2, -0.15) is 10.2 Å². The van der Waals surface area contributed by atoms with Crippen LogP contribution >= 0.6 is 0 Å². The van der Waals surface area contributed by atoms with Crippen LogP contribution in [0.25, 0.3) is 22.3 Å². The molecule has 1 saturated heterocycles. The van der Waals surface area contributed by atoms with Crippen LogP contribution in [-0.2, 0) is 4.79 Å². The number of nitrogens with zero attached hydrogens (tertiary/aromatic N) is 5. The molecule has 1 aliphatic rings. The molecule has 0 unspecified atom stereocenters. The van der Waals surface area contributed by atoms with E-state index >= 15 is 0 Å². The molecule has 176 valence electrons. The Balaban J connectivity index is 1.36. The van der Waals surface area contributed by atoms with Gasteiger partial charge in [-0.25, -0.2) is 4.98 Å². The Kier molecular flexibility index (Phi) is 5.43. The number of likely N-dealkylation sites (tertiary alicyclic amines) is 1. The zero-order valence-electron chi connectivity index (χ0n) is 19.8. The number of fused-ring (bicyclic) bond motifs is 1. The van der Waals surface area contributed by atoms with Gasteiger partial charge < -0.3 is 15.2 Å².